The number of carbonyl (C=O) groups excluding carboxylic acids is 3. The van der Waals surface area contributed by atoms with E-state index in [-0.39, 0.29) is 48.2 Å². The van der Waals surface area contributed by atoms with E-state index in [4.69, 9.17) is 4.74 Å². The summed E-state index contributed by atoms with van der Waals surface area (Å²) in [5.74, 6) is -0.456. The van der Waals surface area contributed by atoms with Gasteiger partial charge in [0, 0.05) is 26.6 Å². The third-order valence-corrected chi connectivity index (χ3v) is 8.58. The zero-order valence-corrected chi connectivity index (χ0v) is 23.6. The summed E-state index contributed by atoms with van der Waals surface area (Å²) in [6.07, 6.45) is 8.66. The number of hydrogen-bond acceptors (Lipinski definition) is 5. The monoisotopic (exact) mass is 544 g/mol. The van der Waals surface area contributed by atoms with Crippen LogP contribution in [0.2, 0.25) is 0 Å². The summed E-state index contributed by atoms with van der Waals surface area (Å²) >= 11 is 0. The van der Waals surface area contributed by atoms with Gasteiger partial charge in [-0.3, -0.25) is 14.4 Å². The highest BCUT2D eigenvalue weighted by molar-refractivity contribution is 5.93. The lowest BCUT2D eigenvalue weighted by Crippen LogP contribution is -2.57. The van der Waals surface area contributed by atoms with Gasteiger partial charge in [-0.1, -0.05) is 25.0 Å². The molecule has 2 unspecified atom stereocenters. The highest BCUT2D eigenvalue weighted by atomic mass is 19.1. The van der Waals surface area contributed by atoms with Crippen molar-refractivity contribution in [2.75, 3.05) is 20.1 Å². The van der Waals surface area contributed by atoms with Gasteiger partial charge in [-0.05, 0) is 81.9 Å². The standard InChI is InChI=1S/C30H45FN4O4/c1-19-18-33-27(23-12-13-23)30(38)35(3)20(2)28(36)34-25(17-21-10-14-24(31)15-11-21)29(37)32-16-6-8-22-7-4-5-9-26(22)39-19/h10-11,14-15,19-20,22-23,25-27,33H,4-9,12-13,16-18H2,1-3H3,(H,32,37)(H,34,36)/t19-,20-,22?,25-,26?,27+/m1/s1. The van der Waals surface area contributed by atoms with Gasteiger partial charge in [-0.2, -0.15) is 0 Å². The van der Waals surface area contributed by atoms with E-state index < -0.39 is 18.0 Å². The van der Waals surface area contributed by atoms with Gasteiger partial charge in [0.1, 0.15) is 17.9 Å². The minimum atomic E-state index is -0.836. The molecule has 1 aromatic carbocycles. The number of nitrogens with one attached hydrogen (secondary N) is 3. The first-order valence-corrected chi connectivity index (χ1v) is 14.7. The zero-order chi connectivity index (χ0) is 27.9. The Morgan fingerprint density at radius 2 is 1.62 bits per heavy atom. The third kappa shape index (κ3) is 8.24. The highest BCUT2D eigenvalue weighted by Crippen LogP contribution is 2.34. The molecule has 216 valence electrons. The van der Waals surface area contributed by atoms with E-state index in [0.717, 1.165) is 50.5 Å². The first kappa shape index (κ1) is 29.5. The maximum atomic E-state index is 13.5. The lowest BCUT2D eigenvalue weighted by Gasteiger charge is -2.35. The molecular formula is C30H45FN4O4. The Labute approximate surface area is 231 Å². The van der Waals surface area contributed by atoms with Gasteiger partial charge in [-0.25, -0.2) is 4.39 Å². The minimum Gasteiger partial charge on any atom is -0.374 e. The molecular weight excluding hydrogens is 499 g/mol. The molecule has 3 N–H and O–H groups in total. The molecule has 3 amide bonds. The average Bonchev–Trinajstić information content (AvgIpc) is 3.76. The van der Waals surface area contributed by atoms with Crippen LogP contribution >= 0.6 is 0 Å². The molecule has 0 spiro atoms. The first-order valence-electron chi connectivity index (χ1n) is 14.7. The molecule has 8 nitrogen and oxygen atoms in total. The summed E-state index contributed by atoms with van der Waals surface area (Å²) in [7, 11) is 1.64. The predicted molar refractivity (Wildman–Crippen MR) is 147 cm³/mol. The molecule has 1 saturated heterocycles. The van der Waals surface area contributed by atoms with Crippen LogP contribution in [0, 0.1) is 17.7 Å². The maximum absolute atomic E-state index is 13.5. The molecule has 3 fully saturated rings. The molecule has 2 aliphatic carbocycles. The number of carbonyl (C=O) groups is 3. The molecule has 0 bridgehead atoms. The van der Waals surface area contributed by atoms with Crippen LogP contribution in [0.25, 0.3) is 0 Å². The van der Waals surface area contributed by atoms with Crippen LogP contribution in [0.15, 0.2) is 24.3 Å². The predicted octanol–water partition coefficient (Wildman–Crippen LogP) is 2.94. The van der Waals surface area contributed by atoms with Crippen molar-refractivity contribution in [3.8, 4) is 0 Å². The van der Waals surface area contributed by atoms with Crippen molar-refractivity contribution >= 4 is 17.7 Å². The average molecular weight is 545 g/mol. The highest BCUT2D eigenvalue weighted by Gasteiger charge is 2.40. The SMILES string of the molecule is C[C@@H]1CN[C@@H](C2CC2)C(=O)N(C)[C@H](C)C(=O)N[C@H](Cc2ccc(F)cc2)C(=O)NCCCC2CCCCC2O1. The number of nitrogens with zero attached hydrogens (tertiary/aromatic N) is 1. The fraction of sp³-hybridized carbons (Fsp3) is 0.700. The van der Waals surface area contributed by atoms with Gasteiger partial charge in [0.15, 0.2) is 0 Å². The maximum Gasteiger partial charge on any atom is 0.243 e. The number of benzene rings is 1. The van der Waals surface area contributed by atoms with Crippen LogP contribution in [-0.4, -0.2) is 73.1 Å². The molecule has 9 heteroatoms. The largest absolute Gasteiger partial charge is 0.374 e. The van der Waals surface area contributed by atoms with Crippen LogP contribution in [0.3, 0.4) is 0 Å². The van der Waals surface area contributed by atoms with E-state index in [0.29, 0.717) is 19.0 Å². The molecule has 1 heterocycles. The second kappa shape index (κ2) is 13.7. The van der Waals surface area contributed by atoms with Crippen molar-refractivity contribution < 1.29 is 23.5 Å². The van der Waals surface area contributed by atoms with E-state index in [9.17, 15) is 18.8 Å². The third-order valence-electron chi connectivity index (χ3n) is 8.58. The fourth-order valence-corrected chi connectivity index (χ4v) is 5.85. The van der Waals surface area contributed by atoms with Gasteiger partial charge in [0.2, 0.25) is 17.7 Å². The Balaban J connectivity index is 1.52. The fourth-order valence-electron chi connectivity index (χ4n) is 5.85. The quantitative estimate of drug-likeness (QED) is 0.544. The summed E-state index contributed by atoms with van der Waals surface area (Å²) in [6.45, 7) is 4.83. The normalized spacial score (nSPS) is 32.4. The number of halogens is 1. The van der Waals surface area contributed by atoms with E-state index in [2.05, 4.69) is 22.9 Å². The van der Waals surface area contributed by atoms with E-state index in [1.165, 1.54) is 23.5 Å². The van der Waals surface area contributed by atoms with Crippen LogP contribution < -0.4 is 16.0 Å². The van der Waals surface area contributed by atoms with Crippen LogP contribution in [0.1, 0.15) is 70.8 Å². The zero-order valence-electron chi connectivity index (χ0n) is 23.6. The van der Waals surface area contributed by atoms with Gasteiger partial charge < -0.3 is 25.6 Å². The Hall–Kier alpha value is -2.52. The van der Waals surface area contributed by atoms with Crippen molar-refractivity contribution in [1.29, 1.82) is 0 Å². The van der Waals surface area contributed by atoms with Gasteiger partial charge in [0.25, 0.3) is 0 Å². The van der Waals surface area contributed by atoms with Gasteiger partial charge in [-0.15, -0.1) is 0 Å². The van der Waals surface area contributed by atoms with Crippen LogP contribution in [0.5, 0.6) is 0 Å². The van der Waals surface area contributed by atoms with Crippen molar-refractivity contribution in [1.82, 2.24) is 20.9 Å². The molecule has 0 radical (unpaired) electrons. The number of hydrogen-bond donors (Lipinski definition) is 3. The van der Waals surface area contributed by atoms with Crippen molar-refractivity contribution in [2.45, 2.75) is 102 Å². The summed E-state index contributed by atoms with van der Waals surface area (Å²) in [6, 6.07) is 3.97. The first-order chi connectivity index (χ1) is 18.7. The smallest absolute Gasteiger partial charge is 0.243 e. The lowest BCUT2D eigenvalue weighted by molar-refractivity contribution is -0.141. The Kier molecular flexibility index (Phi) is 10.4. The summed E-state index contributed by atoms with van der Waals surface area (Å²) < 4.78 is 20.0. The second-order valence-electron chi connectivity index (χ2n) is 11.7. The lowest BCUT2D eigenvalue weighted by atomic mass is 9.83. The van der Waals surface area contributed by atoms with Gasteiger partial charge in [0.05, 0.1) is 18.2 Å². The molecule has 39 heavy (non-hydrogen) atoms. The number of ether oxygens (including phenoxy) is 1. The van der Waals surface area contributed by atoms with Crippen molar-refractivity contribution in [3.63, 3.8) is 0 Å². The van der Waals surface area contributed by atoms with E-state index in [1.807, 2.05) is 0 Å². The molecule has 0 aromatic heterocycles. The molecule has 2 saturated carbocycles. The van der Waals surface area contributed by atoms with Crippen LogP contribution in [-0.2, 0) is 25.5 Å². The number of amides is 3. The van der Waals surface area contributed by atoms with Crippen molar-refractivity contribution in [2.24, 2.45) is 11.8 Å². The minimum absolute atomic E-state index is 0.0264. The van der Waals surface area contributed by atoms with Gasteiger partial charge >= 0.3 is 0 Å². The molecule has 1 aliphatic heterocycles. The number of fused-ring (bicyclic) bond motifs is 1. The summed E-state index contributed by atoms with van der Waals surface area (Å²) in [5, 5.41) is 9.32. The van der Waals surface area contributed by atoms with E-state index >= 15 is 0 Å². The number of rotatable bonds is 3. The topological polar surface area (TPSA) is 99.8 Å². The summed E-state index contributed by atoms with van der Waals surface area (Å²) in [5.41, 5.74) is 0.741. The second-order valence-corrected chi connectivity index (χ2v) is 11.7. The molecule has 6 atom stereocenters. The van der Waals surface area contributed by atoms with Crippen molar-refractivity contribution in [3.05, 3.63) is 35.6 Å². The Bertz CT molecular complexity index is 986. The van der Waals surface area contributed by atoms with E-state index in [1.54, 1.807) is 26.1 Å². The Morgan fingerprint density at radius 1 is 0.923 bits per heavy atom. The van der Waals surface area contributed by atoms with Crippen LogP contribution in [0.4, 0.5) is 4.39 Å². The summed E-state index contributed by atoms with van der Waals surface area (Å²) in [4.78, 5) is 41.5. The molecule has 3 aliphatic rings. The number of likely N-dealkylation sites (N-methyl/N-ethyl adjacent to an activating group) is 1. The molecule has 1 aromatic rings. The Morgan fingerprint density at radius 3 is 2.33 bits per heavy atom. The molecule has 4 rings (SSSR count).